The van der Waals surface area contributed by atoms with Gasteiger partial charge in [-0.15, -0.1) is 10.2 Å². The minimum absolute atomic E-state index is 0.114. The normalized spacial score (nSPS) is 14.4. The van der Waals surface area contributed by atoms with Crippen LogP contribution < -0.4 is 10.1 Å². The molecule has 1 aromatic heterocycles. The van der Waals surface area contributed by atoms with Crippen molar-refractivity contribution in [3.63, 3.8) is 0 Å². The predicted octanol–water partition coefficient (Wildman–Crippen LogP) is 3.05. The van der Waals surface area contributed by atoms with Crippen molar-refractivity contribution in [2.45, 2.75) is 32.2 Å². The number of fused-ring (bicyclic) bond motifs is 1. The molecule has 0 unspecified atom stereocenters. The first-order chi connectivity index (χ1) is 15.9. The van der Waals surface area contributed by atoms with Crippen molar-refractivity contribution in [1.82, 2.24) is 25.0 Å². The summed E-state index contributed by atoms with van der Waals surface area (Å²) in [5.41, 5.74) is -0.344. The molecule has 0 saturated heterocycles. The highest BCUT2D eigenvalue weighted by molar-refractivity contribution is 5.77. The quantitative estimate of drug-likeness (QED) is 0.588. The Labute approximate surface area is 189 Å². The first-order valence-electron chi connectivity index (χ1n) is 10.6. The van der Waals surface area contributed by atoms with E-state index in [4.69, 9.17) is 4.74 Å². The highest BCUT2D eigenvalue weighted by Crippen LogP contribution is 2.32. The number of benzene rings is 2. The fraction of sp³-hybridized carbons (Fsp3) is 0.348. The lowest BCUT2D eigenvalue weighted by atomic mass is 10.1. The van der Waals surface area contributed by atoms with Crippen molar-refractivity contribution < 1.29 is 22.7 Å². The number of nitrogens with one attached hydrogen (secondary N) is 1. The minimum atomic E-state index is -4.38. The summed E-state index contributed by atoms with van der Waals surface area (Å²) in [6.45, 7) is 1.94. The van der Waals surface area contributed by atoms with Crippen molar-refractivity contribution in [2.24, 2.45) is 0 Å². The first-order valence-corrected chi connectivity index (χ1v) is 10.6. The van der Waals surface area contributed by atoms with Crippen molar-refractivity contribution in [1.29, 1.82) is 0 Å². The zero-order valence-electron chi connectivity index (χ0n) is 17.9. The minimum Gasteiger partial charge on any atom is -0.484 e. The number of amides is 1. The van der Waals surface area contributed by atoms with Gasteiger partial charge in [0.25, 0.3) is 5.91 Å². The molecule has 174 valence electrons. The van der Waals surface area contributed by atoms with Gasteiger partial charge in [-0.1, -0.05) is 36.4 Å². The largest absolute Gasteiger partial charge is 0.484 e. The number of carbonyl (C=O) groups excluding carboxylic acids is 1. The zero-order chi connectivity index (χ0) is 23.3. The number of hydrogen-bond donors (Lipinski definition) is 1. The highest BCUT2D eigenvalue weighted by atomic mass is 19.4. The molecule has 3 aromatic rings. The molecule has 2 heterocycles. The maximum Gasteiger partial charge on any atom is 0.416 e. The molecule has 0 atom stereocenters. The van der Waals surface area contributed by atoms with Gasteiger partial charge in [-0.2, -0.15) is 13.2 Å². The Balaban J connectivity index is 1.32. The van der Waals surface area contributed by atoms with Crippen LogP contribution in [-0.2, 0) is 37.0 Å². The first kappa shape index (κ1) is 22.8. The molecule has 10 heteroatoms. The monoisotopic (exact) mass is 459 g/mol. The van der Waals surface area contributed by atoms with Crippen LogP contribution in [-0.4, -0.2) is 45.3 Å². The second-order valence-electron chi connectivity index (χ2n) is 7.74. The second kappa shape index (κ2) is 10.0. The molecule has 4 rings (SSSR count). The fourth-order valence-electron chi connectivity index (χ4n) is 3.79. The number of carbonyl (C=O) groups is 1. The lowest BCUT2D eigenvalue weighted by Gasteiger charge is -2.22. The average Bonchev–Trinajstić information content (AvgIpc) is 3.09. The second-order valence-corrected chi connectivity index (χ2v) is 7.74. The number of ether oxygens (including phenoxy) is 1. The molecule has 1 amide bonds. The zero-order valence-corrected chi connectivity index (χ0v) is 17.9. The van der Waals surface area contributed by atoms with Crippen molar-refractivity contribution in [3.8, 4) is 5.75 Å². The summed E-state index contributed by atoms with van der Waals surface area (Å²) in [7, 11) is 0. The van der Waals surface area contributed by atoms with Gasteiger partial charge < -0.3 is 14.6 Å². The van der Waals surface area contributed by atoms with E-state index in [-0.39, 0.29) is 31.2 Å². The summed E-state index contributed by atoms with van der Waals surface area (Å²) < 4.78 is 47.3. The van der Waals surface area contributed by atoms with Crippen LogP contribution in [0.2, 0.25) is 0 Å². The molecule has 1 aliphatic rings. The predicted molar refractivity (Wildman–Crippen MR) is 114 cm³/mol. The van der Waals surface area contributed by atoms with Gasteiger partial charge in [-0.05, 0) is 23.8 Å². The SMILES string of the molecule is O=C(COc1ccccc1)NCc1nnc2n1CCN(Cc1ccccc1C(F)(F)F)CC2. The van der Waals surface area contributed by atoms with Crippen molar-refractivity contribution >= 4 is 5.91 Å². The summed E-state index contributed by atoms with van der Waals surface area (Å²) in [5, 5.41) is 11.2. The van der Waals surface area contributed by atoms with E-state index < -0.39 is 11.7 Å². The maximum atomic E-state index is 13.3. The summed E-state index contributed by atoms with van der Waals surface area (Å²) in [6, 6.07) is 14.7. The van der Waals surface area contributed by atoms with E-state index in [1.54, 1.807) is 18.2 Å². The number of hydrogen-bond acceptors (Lipinski definition) is 5. The third kappa shape index (κ3) is 5.89. The number of halogens is 3. The van der Waals surface area contributed by atoms with Gasteiger partial charge >= 0.3 is 6.18 Å². The fourth-order valence-corrected chi connectivity index (χ4v) is 3.79. The number of aromatic nitrogens is 3. The summed E-state index contributed by atoms with van der Waals surface area (Å²) >= 11 is 0. The molecule has 0 fully saturated rings. The summed E-state index contributed by atoms with van der Waals surface area (Å²) in [4.78, 5) is 14.1. The molecule has 1 aliphatic heterocycles. The van der Waals surface area contributed by atoms with Crippen LogP contribution in [0.15, 0.2) is 54.6 Å². The van der Waals surface area contributed by atoms with E-state index in [9.17, 15) is 18.0 Å². The van der Waals surface area contributed by atoms with Gasteiger partial charge in [0.15, 0.2) is 12.4 Å². The molecule has 7 nitrogen and oxygen atoms in total. The molecule has 0 spiro atoms. The van der Waals surface area contributed by atoms with E-state index in [2.05, 4.69) is 15.5 Å². The van der Waals surface area contributed by atoms with Gasteiger partial charge in [-0.3, -0.25) is 9.69 Å². The molecular weight excluding hydrogens is 435 g/mol. The number of para-hydroxylation sites is 1. The van der Waals surface area contributed by atoms with Gasteiger partial charge in [0.2, 0.25) is 0 Å². The van der Waals surface area contributed by atoms with Gasteiger partial charge in [0.05, 0.1) is 12.1 Å². The molecule has 1 N–H and O–H groups in total. The maximum absolute atomic E-state index is 13.3. The lowest BCUT2D eigenvalue weighted by Crippen LogP contribution is -2.30. The Morgan fingerprint density at radius 1 is 1.00 bits per heavy atom. The smallest absolute Gasteiger partial charge is 0.416 e. The summed E-state index contributed by atoms with van der Waals surface area (Å²) in [5.74, 6) is 1.69. The van der Waals surface area contributed by atoms with Gasteiger partial charge in [0.1, 0.15) is 11.6 Å². The van der Waals surface area contributed by atoms with Crippen LogP contribution in [0.5, 0.6) is 5.75 Å². The van der Waals surface area contributed by atoms with Crippen molar-refractivity contribution in [2.75, 3.05) is 19.7 Å². The van der Waals surface area contributed by atoms with Crippen LogP contribution in [0.3, 0.4) is 0 Å². The Morgan fingerprint density at radius 2 is 1.76 bits per heavy atom. The third-order valence-corrected chi connectivity index (χ3v) is 5.47. The molecular formula is C23H24F3N5O2. The van der Waals surface area contributed by atoms with Crippen LogP contribution >= 0.6 is 0 Å². The van der Waals surface area contributed by atoms with E-state index in [1.165, 1.54) is 12.1 Å². The molecule has 0 aliphatic carbocycles. The topological polar surface area (TPSA) is 72.3 Å². The van der Waals surface area contributed by atoms with Gasteiger partial charge in [0, 0.05) is 32.6 Å². The molecule has 0 radical (unpaired) electrons. The standard InChI is InChI=1S/C23H24F3N5O2/c24-23(25,26)19-9-5-4-6-17(19)15-30-11-10-20-28-29-21(31(20)13-12-30)14-27-22(32)16-33-18-7-2-1-3-8-18/h1-9H,10-16H2,(H,27,32). The number of alkyl halides is 3. The average molecular weight is 459 g/mol. The van der Waals surface area contributed by atoms with E-state index in [0.29, 0.717) is 37.6 Å². The summed E-state index contributed by atoms with van der Waals surface area (Å²) in [6.07, 6.45) is -3.82. The van der Waals surface area contributed by atoms with E-state index >= 15 is 0 Å². The Bertz CT molecular complexity index is 1090. The highest BCUT2D eigenvalue weighted by Gasteiger charge is 2.33. The Kier molecular flexibility index (Phi) is 6.93. The molecule has 2 aromatic carbocycles. The lowest BCUT2D eigenvalue weighted by molar-refractivity contribution is -0.138. The van der Waals surface area contributed by atoms with Crippen LogP contribution in [0, 0.1) is 0 Å². The Hall–Kier alpha value is -3.40. The number of rotatable bonds is 7. The molecule has 0 saturated carbocycles. The van der Waals surface area contributed by atoms with Crippen molar-refractivity contribution in [3.05, 3.63) is 77.4 Å². The number of nitrogens with zero attached hydrogens (tertiary/aromatic N) is 4. The van der Waals surface area contributed by atoms with E-state index in [1.807, 2.05) is 27.7 Å². The third-order valence-electron chi connectivity index (χ3n) is 5.47. The van der Waals surface area contributed by atoms with Gasteiger partial charge in [-0.25, -0.2) is 0 Å². The van der Waals surface area contributed by atoms with Crippen LogP contribution in [0.1, 0.15) is 22.8 Å². The Morgan fingerprint density at radius 3 is 2.55 bits per heavy atom. The molecule has 0 bridgehead atoms. The molecule has 33 heavy (non-hydrogen) atoms. The van der Waals surface area contributed by atoms with E-state index in [0.717, 1.165) is 11.9 Å². The van der Waals surface area contributed by atoms with Crippen LogP contribution in [0.25, 0.3) is 0 Å². The van der Waals surface area contributed by atoms with Crippen LogP contribution in [0.4, 0.5) is 13.2 Å².